The van der Waals surface area contributed by atoms with Gasteiger partial charge in [0.25, 0.3) is 5.19 Å². The van der Waals surface area contributed by atoms with Crippen LogP contribution in [0.15, 0.2) is 35.7 Å². The minimum absolute atomic E-state index is 0.0388. The fraction of sp³-hybridized carbons (Fsp3) is 0.412. The molecule has 116 valence electrons. The highest BCUT2D eigenvalue weighted by molar-refractivity contribution is 7.11. The number of hydrogen-bond donors (Lipinski definition) is 1. The van der Waals surface area contributed by atoms with Gasteiger partial charge in [0.2, 0.25) is 0 Å². The summed E-state index contributed by atoms with van der Waals surface area (Å²) in [7, 11) is 0. The molecule has 1 aromatic heterocycles. The highest BCUT2D eigenvalue weighted by atomic mass is 32.1. The number of benzene rings is 1. The summed E-state index contributed by atoms with van der Waals surface area (Å²) in [5, 5.41) is 12.1. The van der Waals surface area contributed by atoms with E-state index in [4.69, 9.17) is 4.74 Å². The van der Waals surface area contributed by atoms with E-state index in [-0.39, 0.29) is 5.92 Å². The molecule has 1 heterocycles. The van der Waals surface area contributed by atoms with Gasteiger partial charge in [0.1, 0.15) is 5.75 Å². The molecule has 4 nitrogen and oxygen atoms in total. The van der Waals surface area contributed by atoms with Crippen molar-refractivity contribution in [3.63, 3.8) is 0 Å². The van der Waals surface area contributed by atoms with Gasteiger partial charge < -0.3 is 9.84 Å². The number of carboxylic acid groups (broad SMARTS) is 1. The molecule has 0 radical (unpaired) electrons. The Morgan fingerprint density at radius 2 is 2.14 bits per heavy atom. The third kappa shape index (κ3) is 2.86. The van der Waals surface area contributed by atoms with Crippen LogP contribution in [0.5, 0.6) is 10.9 Å². The van der Waals surface area contributed by atoms with Crippen molar-refractivity contribution in [2.75, 3.05) is 0 Å². The van der Waals surface area contributed by atoms with E-state index in [2.05, 4.69) is 4.98 Å². The average Bonchev–Trinajstić information content (AvgIpc) is 2.97. The molecular weight excluding hydrogens is 298 g/mol. The van der Waals surface area contributed by atoms with Gasteiger partial charge in [0, 0.05) is 11.3 Å². The Morgan fingerprint density at radius 1 is 1.36 bits per heavy atom. The Morgan fingerprint density at radius 3 is 2.86 bits per heavy atom. The van der Waals surface area contributed by atoms with E-state index in [1.807, 2.05) is 42.6 Å². The van der Waals surface area contributed by atoms with Crippen molar-refractivity contribution in [3.8, 4) is 10.9 Å². The highest BCUT2D eigenvalue weighted by Gasteiger charge is 2.44. The van der Waals surface area contributed by atoms with Gasteiger partial charge >= 0.3 is 5.97 Å². The summed E-state index contributed by atoms with van der Waals surface area (Å²) >= 11 is 1.42. The Labute approximate surface area is 133 Å². The van der Waals surface area contributed by atoms with E-state index in [0.29, 0.717) is 11.6 Å². The third-order valence-corrected chi connectivity index (χ3v) is 5.24. The van der Waals surface area contributed by atoms with Gasteiger partial charge in [-0.15, -0.1) is 0 Å². The van der Waals surface area contributed by atoms with Crippen LogP contribution in [-0.4, -0.2) is 16.1 Å². The van der Waals surface area contributed by atoms with Crippen LogP contribution in [-0.2, 0) is 4.79 Å². The molecule has 0 aliphatic heterocycles. The molecule has 0 spiro atoms. The minimum atomic E-state index is -0.726. The number of para-hydroxylation sites is 1. The van der Waals surface area contributed by atoms with E-state index in [0.717, 1.165) is 30.7 Å². The van der Waals surface area contributed by atoms with Crippen molar-refractivity contribution in [2.45, 2.75) is 38.5 Å². The maximum atomic E-state index is 11.7. The molecule has 3 rings (SSSR count). The number of nitrogens with zero attached hydrogens (tertiary/aromatic N) is 1. The lowest BCUT2D eigenvalue weighted by molar-refractivity contribution is -0.151. The van der Waals surface area contributed by atoms with Crippen LogP contribution in [0.25, 0.3) is 0 Å². The van der Waals surface area contributed by atoms with Crippen molar-refractivity contribution in [1.29, 1.82) is 0 Å². The van der Waals surface area contributed by atoms with Crippen LogP contribution in [0.3, 0.4) is 0 Å². The fourth-order valence-electron chi connectivity index (χ4n) is 3.13. The van der Waals surface area contributed by atoms with Crippen LogP contribution in [0.2, 0.25) is 0 Å². The molecule has 1 aliphatic rings. The first-order valence-electron chi connectivity index (χ1n) is 7.51. The summed E-state index contributed by atoms with van der Waals surface area (Å²) in [6.07, 6.45) is 3.60. The Kier molecular flexibility index (Phi) is 4.16. The number of aliphatic carboxylic acids is 1. The molecule has 0 bridgehead atoms. The van der Waals surface area contributed by atoms with Crippen LogP contribution in [0.4, 0.5) is 0 Å². The first kappa shape index (κ1) is 15.0. The zero-order valence-corrected chi connectivity index (χ0v) is 13.3. The number of carbonyl (C=O) groups is 1. The molecule has 2 atom stereocenters. The normalized spacial score (nSPS) is 24.9. The SMILES string of the molecule is CC1(C(=O)O)CCCCC1c1csc(Oc2ccccc2)n1. The van der Waals surface area contributed by atoms with Crippen LogP contribution >= 0.6 is 11.3 Å². The maximum Gasteiger partial charge on any atom is 0.310 e. The van der Waals surface area contributed by atoms with E-state index < -0.39 is 11.4 Å². The second-order valence-corrected chi connectivity index (χ2v) is 6.80. The zero-order valence-electron chi connectivity index (χ0n) is 12.5. The number of ether oxygens (including phenoxy) is 1. The van der Waals surface area contributed by atoms with E-state index >= 15 is 0 Å². The molecular formula is C17H19NO3S. The number of thiazole rings is 1. The van der Waals surface area contributed by atoms with E-state index in [1.54, 1.807) is 0 Å². The highest BCUT2D eigenvalue weighted by Crippen LogP contribution is 2.48. The minimum Gasteiger partial charge on any atom is -0.481 e. The number of carboxylic acids is 1. The average molecular weight is 317 g/mol. The van der Waals surface area contributed by atoms with Crippen molar-refractivity contribution >= 4 is 17.3 Å². The van der Waals surface area contributed by atoms with Gasteiger partial charge in [-0.05, 0) is 31.9 Å². The zero-order chi connectivity index (χ0) is 15.6. The lowest BCUT2D eigenvalue weighted by Gasteiger charge is -2.36. The molecule has 1 N–H and O–H groups in total. The lowest BCUT2D eigenvalue weighted by Crippen LogP contribution is -2.37. The van der Waals surface area contributed by atoms with Crippen LogP contribution in [0, 0.1) is 5.41 Å². The van der Waals surface area contributed by atoms with Crippen molar-refractivity contribution in [1.82, 2.24) is 4.98 Å². The monoisotopic (exact) mass is 317 g/mol. The smallest absolute Gasteiger partial charge is 0.310 e. The molecule has 2 aromatic rings. The topological polar surface area (TPSA) is 59.4 Å². The van der Waals surface area contributed by atoms with Gasteiger partial charge in [-0.25, -0.2) is 4.98 Å². The summed E-state index contributed by atoms with van der Waals surface area (Å²) in [5.41, 5.74) is 0.122. The molecule has 1 aliphatic carbocycles. The van der Waals surface area contributed by atoms with E-state index in [1.165, 1.54) is 11.3 Å². The second kappa shape index (κ2) is 6.08. The number of hydrogen-bond acceptors (Lipinski definition) is 4. The third-order valence-electron chi connectivity index (χ3n) is 4.50. The van der Waals surface area contributed by atoms with Crippen molar-refractivity contribution in [2.24, 2.45) is 5.41 Å². The Hall–Kier alpha value is -1.88. The van der Waals surface area contributed by atoms with Gasteiger partial charge in [0.15, 0.2) is 0 Å². The molecule has 1 aromatic carbocycles. The molecule has 1 saturated carbocycles. The Balaban J connectivity index is 1.82. The molecule has 1 fully saturated rings. The first-order chi connectivity index (χ1) is 10.6. The number of aromatic nitrogens is 1. The standard InChI is InChI=1S/C17H19NO3S/c1-17(15(19)20)10-6-5-9-13(17)14-11-22-16(18-14)21-12-7-3-2-4-8-12/h2-4,7-8,11,13H,5-6,9-10H2,1H3,(H,19,20). The van der Waals surface area contributed by atoms with Crippen LogP contribution < -0.4 is 4.74 Å². The maximum absolute atomic E-state index is 11.7. The van der Waals surface area contributed by atoms with Gasteiger partial charge in [0.05, 0.1) is 11.1 Å². The predicted octanol–water partition coefficient (Wildman–Crippen LogP) is 4.68. The number of rotatable bonds is 4. The Bertz CT molecular complexity index is 655. The van der Waals surface area contributed by atoms with Crippen molar-refractivity contribution < 1.29 is 14.6 Å². The molecule has 22 heavy (non-hydrogen) atoms. The van der Waals surface area contributed by atoms with Gasteiger partial charge in [-0.2, -0.15) is 0 Å². The van der Waals surface area contributed by atoms with E-state index in [9.17, 15) is 9.90 Å². The van der Waals surface area contributed by atoms with Crippen molar-refractivity contribution in [3.05, 3.63) is 41.4 Å². The summed E-state index contributed by atoms with van der Waals surface area (Å²) in [6, 6.07) is 9.51. The summed E-state index contributed by atoms with van der Waals surface area (Å²) in [5.74, 6) is -0.0214. The molecule has 0 saturated heterocycles. The second-order valence-electron chi connectivity index (χ2n) is 5.97. The first-order valence-corrected chi connectivity index (χ1v) is 8.39. The van der Waals surface area contributed by atoms with Gasteiger partial charge in [-0.3, -0.25) is 4.79 Å². The molecule has 0 amide bonds. The quantitative estimate of drug-likeness (QED) is 0.889. The molecule has 5 heteroatoms. The summed E-state index contributed by atoms with van der Waals surface area (Å²) < 4.78 is 5.74. The fourth-order valence-corrected chi connectivity index (χ4v) is 3.87. The van der Waals surface area contributed by atoms with Gasteiger partial charge in [-0.1, -0.05) is 42.4 Å². The predicted molar refractivity (Wildman–Crippen MR) is 85.6 cm³/mol. The molecule has 2 unspecified atom stereocenters. The summed E-state index contributed by atoms with van der Waals surface area (Å²) in [6.45, 7) is 1.84. The van der Waals surface area contributed by atoms with Crippen LogP contribution in [0.1, 0.15) is 44.2 Å². The lowest BCUT2D eigenvalue weighted by atomic mass is 9.66. The summed E-state index contributed by atoms with van der Waals surface area (Å²) in [4.78, 5) is 16.2. The largest absolute Gasteiger partial charge is 0.481 e.